The highest BCUT2D eigenvalue weighted by atomic mass is 32.2. The van der Waals surface area contributed by atoms with Gasteiger partial charge in [0, 0.05) is 32.9 Å². The van der Waals surface area contributed by atoms with Crippen LogP contribution in [0.2, 0.25) is 0 Å². The van der Waals surface area contributed by atoms with Crippen molar-refractivity contribution < 1.29 is 22.7 Å². The van der Waals surface area contributed by atoms with Crippen LogP contribution in [0.25, 0.3) is 0 Å². The highest BCUT2D eigenvalue weighted by molar-refractivity contribution is 7.89. The molecule has 2 aliphatic rings. The lowest BCUT2D eigenvalue weighted by Gasteiger charge is -2.28. The minimum absolute atomic E-state index is 0.0409. The molecule has 2 aliphatic heterocycles. The Labute approximate surface area is 195 Å². The Kier molecular flexibility index (Phi) is 7.38. The number of sulfonamides is 1. The highest BCUT2D eigenvalue weighted by Gasteiger charge is 2.29. The monoisotopic (exact) mass is 476 g/mol. The lowest BCUT2D eigenvalue weighted by molar-refractivity contribution is 0.0730. The maximum Gasteiger partial charge on any atom is 0.268 e. The first-order chi connectivity index (χ1) is 15.9. The predicted molar refractivity (Wildman–Crippen MR) is 124 cm³/mol. The van der Waals surface area contributed by atoms with E-state index >= 15 is 0 Å². The lowest BCUT2D eigenvalue weighted by atomic mass is 10.1. The van der Waals surface area contributed by atoms with Gasteiger partial charge in [-0.25, -0.2) is 8.42 Å². The van der Waals surface area contributed by atoms with Crippen LogP contribution in [0.5, 0.6) is 5.75 Å². The molecule has 2 saturated heterocycles. The van der Waals surface area contributed by atoms with Crippen LogP contribution >= 0.6 is 0 Å². The molecule has 10 heteroatoms. The summed E-state index contributed by atoms with van der Waals surface area (Å²) in [6, 6.07) is 9.42. The zero-order valence-corrected chi connectivity index (χ0v) is 20.0. The maximum absolute atomic E-state index is 13.0. The number of morpholine rings is 1. The summed E-state index contributed by atoms with van der Waals surface area (Å²) in [6.07, 6.45) is 3.78. The van der Waals surface area contributed by atoms with Gasteiger partial charge >= 0.3 is 0 Å². The third kappa shape index (κ3) is 5.24. The van der Waals surface area contributed by atoms with Crippen LogP contribution in [-0.2, 0) is 21.8 Å². The number of amides is 1. The summed E-state index contributed by atoms with van der Waals surface area (Å²) < 4.78 is 39.4. The van der Waals surface area contributed by atoms with Gasteiger partial charge in [-0.3, -0.25) is 9.69 Å². The number of ether oxygens (including phenoxy) is 2. The minimum Gasteiger partial charge on any atom is -0.497 e. The number of likely N-dealkylation sites (tertiary alicyclic amines) is 1. The minimum atomic E-state index is -3.66. The van der Waals surface area contributed by atoms with Gasteiger partial charge in [0.05, 0.1) is 26.4 Å². The van der Waals surface area contributed by atoms with E-state index in [1.807, 2.05) is 24.3 Å². The largest absolute Gasteiger partial charge is 0.497 e. The van der Waals surface area contributed by atoms with Crippen LogP contribution < -0.4 is 10.1 Å². The number of benzene rings is 1. The van der Waals surface area contributed by atoms with E-state index in [1.165, 1.54) is 16.6 Å². The van der Waals surface area contributed by atoms with Crippen molar-refractivity contribution in [2.24, 2.45) is 7.05 Å². The summed E-state index contributed by atoms with van der Waals surface area (Å²) in [5, 5.41) is 3.03. The number of nitrogens with zero attached hydrogens (tertiary/aromatic N) is 3. The second-order valence-corrected chi connectivity index (χ2v) is 10.4. The Bertz CT molecular complexity index is 1060. The zero-order chi connectivity index (χ0) is 23.4. The van der Waals surface area contributed by atoms with Crippen molar-refractivity contribution in [1.29, 1.82) is 0 Å². The summed E-state index contributed by atoms with van der Waals surface area (Å²) in [6.45, 7) is 3.79. The average molecular weight is 477 g/mol. The molecule has 0 radical (unpaired) electrons. The number of rotatable bonds is 8. The molecule has 1 unspecified atom stereocenters. The number of carbonyl (C=O) groups is 1. The molecule has 9 nitrogen and oxygen atoms in total. The Hall–Kier alpha value is -2.40. The van der Waals surface area contributed by atoms with Crippen LogP contribution in [0.4, 0.5) is 0 Å². The Balaban J connectivity index is 1.48. The molecule has 0 spiro atoms. The molecular weight excluding hydrogens is 444 g/mol. The van der Waals surface area contributed by atoms with Crippen molar-refractivity contribution >= 4 is 15.9 Å². The zero-order valence-electron chi connectivity index (χ0n) is 19.2. The van der Waals surface area contributed by atoms with Gasteiger partial charge in [-0.05, 0) is 49.7 Å². The van der Waals surface area contributed by atoms with Crippen molar-refractivity contribution in [2.45, 2.75) is 23.8 Å². The summed E-state index contributed by atoms with van der Waals surface area (Å²) in [7, 11) is -0.330. The van der Waals surface area contributed by atoms with Gasteiger partial charge in [0.25, 0.3) is 5.91 Å². The van der Waals surface area contributed by atoms with E-state index in [9.17, 15) is 13.2 Å². The van der Waals surface area contributed by atoms with Crippen molar-refractivity contribution in [3.05, 3.63) is 47.8 Å². The van der Waals surface area contributed by atoms with Crippen molar-refractivity contribution in [3.63, 3.8) is 0 Å². The van der Waals surface area contributed by atoms with E-state index in [2.05, 4.69) is 10.2 Å². The topological polar surface area (TPSA) is 93.1 Å². The molecular formula is C23H32N4O5S. The van der Waals surface area contributed by atoms with E-state index < -0.39 is 10.0 Å². The van der Waals surface area contributed by atoms with E-state index in [0.717, 1.165) is 37.2 Å². The molecule has 0 aliphatic carbocycles. The predicted octanol–water partition coefficient (Wildman–Crippen LogP) is 1.62. The molecule has 3 heterocycles. The summed E-state index contributed by atoms with van der Waals surface area (Å²) in [5.41, 5.74) is 1.43. The first-order valence-electron chi connectivity index (χ1n) is 11.3. The van der Waals surface area contributed by atoms with E-state index in [0.29, 0.717) is 38.5 Å². The number of nitrogens with one attached hydrogen (secondary N) is 1. The molecule has 1 aromatic heterocycles. The van der Waals surface area contributed by atoms with Gasteiger partial charge in [0.15, 0.2) is 0 Å². The fraction of sp³-hybridized carbons (Fsp3) is 0.522. The first kappa shape index (κ1) is 23.7. The molecule has 1 amide bonds. The van der Waals surface area contributed by atoms with E-state index in [1.54, 1.807) is 18.7 Å². The fourth-order valence-corrected chi connectivity index (χ4v) is 5.93. The second kappa shape index (κ2) is 10.3. The second-order valence-electron chi connectivity index (χ2n) is 8.43. The quantitative estimate of drug-likeness (QED) is 0.623. The van der Waals surface area contributed by atoms with Gasteiger partial charge in [-0.15, -0.1) is 0 Å². The molecule has 33 heavy (non-hydrogen) atoms. The van der Waals surface area contributed by atoms with Gasteiger partial charge in [-0.1, -0.05) is 12.1 Å². The third-order valence-electron chi connectivity index (χ3n) is 6.36. The van der Waals surface area contributed by atoms with Gasteiger partial charge in [0.2, 0.25) is 10.0 Å². The first-order valence-corrected chi connectivity index (χ1v) is 12.7. The maximum atomic E-state index is 13.0. The van der Waals surface area contributed by atoms with Crippen LogP contribution in [0.3, 0.4) is 0 Å². The molecule has 2 aromatic rings. The number of hydrogen-bond donors (Lipinski definition) is 1. The molecule has 1 aromatic carbocycles. The molecule has 4 rings (SSSR count). The van der Waals surface area contributed by atoms with Gasteiger partial charge < -0.3 is 19.4 Å². The van der Waals surface area contributed by atoms with Crippen molar-refractivity contribution in [1.82, 2.24) is 19.1 Å². The van der Waals surface area contributed by atoms with Gasteiger partial charge in [-0.2, -0.15) is 4.31 Å². The number of hydrogen-bond acceptors (Lipinski definition) is 6. The summed E-state index contributed by atoms with van der Waals surface area (Å²) in [5.74, 6) is 0.499. The Morgan fingerprint density at radius 2 is 1.79 bits per heavy atom. The Morgan fingerprint density at radius 3 is 2.42 bits per heavy atom. The fourth-order valence-electron chi connectivity index (χ4n) is 4.45. The molecule has 1 atom stereocenters. The number of aryl methyl sites for hydroxylation is 1. The normalized spacial score (nSPS) is 18.8. The smallest absolute Gasteiger partial charge is 0.268 e. The van der Waals surface area contributed by atoms with Crippen LogP contribution in [0.1, 0.15) is 34.9 Å². The number of methoxy groups -OCH3 is 1. The lowest BCUT2D eigenvalue weighted by Crippen LogP contribution is -2.40. The SMILES string of the molecule is COc1ccc(C(CNC(=O)c2cc(S(=O)(=O)N3CCOCC3)cn2C)N2CCCC2)cc1. The van der Waals surface area contributed by atoms with Gasteiger partial charge in [0.1, 0.15) is 16.3 Å². The summed E-state index contributed by atoms with van der Waals surface area (Å²) >= 11 is 0. The molecule has 2 fully saturated rings. The number of carbonyl (C=O) groups excluding carboxylic acids is 1. The molecule has 0 bridgehead atoms. The Morgan fingerprint density at radius 1 is 1.12 bits per heavy atom. The molecule has 180 valence electrons. The standard InChI is InChI=1S/C23H32N4O5S/c1-25-17-20(33(29,30)27-11-13-32-14-12-27)15-21(25)23(28)24-16-22(26-9-3-4-10-26)18-5-7-19(31-2)8-6-18/h5-8,15,17,22H,3-4,9-14,16H2,1-2H3,(H,24,28). The van der Waals surface area contributed by atoms with Crippen LogP contribution in [0.15, 0.2) is 41.4 Å². The molecule has 0 saturated carbocycles. The molecule has 1 N–H and O–H groups in total. The van der Waals surface area contributed by atoms with E-state index in [-0.39, 0.29) is 16.8 Å². The average Bonchev–Trinajstić information content (AvgIpc) is 3.50. The highest BCUT2D eigenvalue weighted by Crippen LogP contribution is 2.26. The third-order valence-corrected chi connectivity index (χ3v) is 8.22. The van der Waals surface area contributed by atoms with E-state index in [4.69, 9.17) is 9.47 Å². The van der Waals surface area contributed by atoms with Crippen LogP contribution in [-0.4, -0.2) is 81.1 Å². The summed E-state index contributed by atoms with van der Waals surface area (Å²) in [4.78, 5) is 15.5. The number of aromatic nitrogens is 1. The van der Waals surface area contributed by atoms with Crippen molar-refractivity contribution in [2.75, 3.05) is 53.0 Å². The van der Waals surface area contributed by atoms with Crippen molar-refractivity contribution in [3.8, 4) is 5.75 Å². The van der Waals surface area contributed by atoms with Crippen LogP contribution in [0, 0.1) is 0 Å².